The summed E-state index contributed by atoms with van der Waals surface area (Å²) >= 11 is 0. The largest absolute Gasteiger partial charge is 0.351 e. The molecule has 1 heterocycles. The number of fused-ring (bicyclic) bond motifs is 1. The zero-order valence-corrected chi connectivity index (χ0v) is 14.7. The van der Waals surface area contributed by atoms with Gasteiger partial charge in [0.2, 0.25) is 0 Å². The second-order valence-electron chi connectivity index (χ2n) is 5.92. The fourth-order valence-corrected chi connectivity index (χ4v) is 2.74. The Morgan fingerprint density at radius 2 is 1.85 bits per heavy atom. The Morgan fingerprint density at radius 3 is 2.52 bits per heavy atom. The van der Waals surface area contributed by atoms with Crippen LogP contribution >= 0.6 is 0 Å². The molecule has 3 amide bonds. The molecule has 0 atom stereocenters. The molecule has 0 aliphatic rings. The maximum Gasteiger partial charge on any atom is 0.316 e. The number of carbonyl (C=O) groups is 2. The van der Waals surface area contributed by atoms with E-state index < -0.39 is 6.03 Å². The van der Waals surface area contributed by atoms with Crippen molar-refractivity contribution in [1.82, 2.24) is 14.9 Å². The monoisotopic (exact) mass is 365 g/mol. The van der Waals surface area contributed by atoms with Crippen LogP contribution in [-0.2, 0) is 6.54 Å². The predicted molar refractivity (Wildman–Crippen MR) is 102 cm³/mol. The number of aromatic nitrogens is 2. The van der Waals surface area contributed by atoms with Crippen LogP contribution in [0.15, 0.2) is 53.3 Å². The number of rotatable bonds is 5. The fourth-order valence-electron chi connectivity index (χ4n) is 2.74. The average molecular weight is 365 g/mol. The number of benzene rings is 2. The molecule has 0 spiro atoms. The third kappa shape index (κ3) is 4.12. The standard InChI is InChI=1S/C19H19N5O3/c1-2-24(18(26)12-7-9-13(10-8-12)21-19(20)27)11-16-22-15-6-4-3-5-14(15)17(25)23-16/h3-10H,2,11H2,1H3,(H3,20,21,27)(H,22,23,25). The summed E-state index contributed by atoms with van der Waals surface area (Å²) in [5, 5.41) is 2.95. The van der Waals surface area contributed by atoms with E-state index in [1.165, 1.54) is 0 Å². The van der Waals surface area contributed by atoms with E-state index in [9.17, 15) is 14.4 Å². The van der Waals surface area contributed by atoms with Crippen LogP contribution in [0.3, 0.4) is 0 Å². The first kappa shape index (κ1) is 18.1. The Labute approximate surface area is 155 Å². The number of carbonyl (C=O) groups excluding carboxylic acids is 2. The van der Waals surface area contributed by atoms with E-state index in [4.69, 9.17) is 5.73 Å². The molecular formula is C19H19N5O3. The molecule has 0 bridgehead atoms. The molecule has 0 aliphatic heterocycles. The second-order valence-corrected chi connectivity index (χ2v) is 5.92. The molecule has 0 saturated heterocycles. The van der Waals surface area contributed by atoms with Crippen molar-refractivity contribution >= 4 is 28.5 Å². The number of hydrogen-bond acceptors (Lipinski definition) is 4. The Hall–Kier alpha value is -3.68. The summed E-state index contributed by atoms with van der Waals surface area (Å²) in [6.07, 6.45) is 0. The van der Waals surface area contributed by atoms with E-state index >= 15 is 0 Å². The molecule has 8 heteroatoms. The molecule has 4 N–H and O–H groups in total. The molecule has 0 unspecified atom stereocenters. The maximum atomic E-state index is 12.8. The summed E-state index contributed by atoms with van der Waals surface area (Å²) in [6, 6.07) is 12.8. The zero-order chi connectivity index (χ0) is 19.4. The lowest BCUT2D eigenvalue weighted by atomic mass is 10.1. The topological polar surface area (TPSA) is 121 Å². The highest BCUT2D eigenvalue weighted by molar-refractivity contribution is 5.95. The van der Waals surface area contributed by atoms with E-state index in [1.807, 2.05) is 13.0 Å². The Morgan fingerprint density at radius 1 is 1.15 bits per heavy atom. The van der Waals surface area contributed by atoms with Crippen molar-refractivity contribution in [3.8, 4) is 0 Å². The summed E-state index contributed by atoms with van der Waals surface area (Å²) in [6.45, 7) is 2.47. The first-order valence-electron chi connectivity index (χ1n) is 8.41. The lowest BCUT2D eigenvalue weighted by molar-refractivity contribution is 0.0748. The first-order valence-corrected chi connectivity index (χ1v) is 8.41. The lowest BCUT2D eigenvalue weighted by Crippen LogP contribution is -2.32. The molecule has 138 valence electrons. The van der Waals surface area contributed by atoms with Gasteiger partial charge in [0.1, 0.15) is 5.82 Å². The summed E-state index contributed by atoms with van der Waals surface area (Å²) in [7, 11) is 0. The van der Waals surface area contributed by atoms with Crippen molar-refractivity contribution < 1.29 is 9.59 Å². The van der Waals surface area contributed by atoms with E-state index in [0.717, 1.165) is 0 Å². The minimum absolute atomic E-state index is 0.177. The Kier molecular flexibility index (Phi) is 5.16. The molecule has 0 saturated carbocycles. The van der Waals surface area contributed by atoms with Crippen molar-refractivity contribution in [2.24, 2.45) is 5.73 Å². The maximum absolute atomic E-state index is 12.8. The molecule has 0 fully saturated rings. The van der Waals surface area contributed by atoms with Gasteiger partial charge in [0, 0.05) is 17.8 Å². The summed E-state index contributed by atoms with van der Waals surface area (Å²) in [5.41, 5.74) is 6.37. The van der Waals surface area contributed by atoms with Gasteiger partial charge in [0.15, 0.2) is 0 Å². The Balaban J connectivity index is 1.81. The molecule has 27 heavy (non-hydrogen) atoms. The van der Waals surface area contributed by atoms with Crippen LogP contribution in [0.2, 0.25) is 0 Å². The summed E-state index contributed by atoms with van der Waals surface area (Å²) in [4.78, 5) is 44.6. The third-order valence-corrected chi connectivity index (χ3v) is 4.07. The van der Waals surface area contributed by atoms with E-state index in [2.05, 4.69) is 15.3 Å². The normalized spacial score (nSPS) is 10.6. The number of anilines is 1. The fraction of sp³-hybridized carbons (Fsp3) is 0.158. The van der Waals surface area contributed by atoms with Gasteiger partial charge in [-0.1, -0.05) is 12.1 Å². The van der Waals surface area contributed by atoms with Crippen LogP contribution in [0.5, 0.6) is 0 Å². The van der Waals surface area contributed by atoms with Crippen LogP contribution in [-0.4, -0.2) is 33.4 Å². The van der Waals surface area contributed by atoms with Crippen molar-refractivity contribution in [2.75, 3.05) is 11.9 Å². The zero-order valence-electron chi connectivity index (χ0n) is 14.7. The van der Waals surface area contributed by atoms with Gasteiger partial charge in [0.25, 0.3) is 11.5 Å². The van der Waals surface area contributed by atoms with Crippen molar-refractivity contribution in [1.29, 1.82) is 0 Å². The number of amides is 3. The smallest absolute Gasteiger partial charge is 0.316 e. The van der Waals surface area contributed by atoms with Gasteiger partial charge in [-0.05, 0) is 43.3 Å². The third-order valence-electron chi connectivity index (χ3n) is 4.07. The van der Waals surface area contributed by atoms with Crippen LogP contribution in [0.4, 0.5) is 10.5 Å². The number of para-hydroxylation sites is 1. The van der Waals surface area contributed by atoms with Gasteiger partial charge >= 0.3 is 6.03 Å². The van der Waals surface area contributed by atoms with E-state index in [1.54, 1.807) is 47.4 Å². The number of nitrogens with two attached hydrogens (primary N) is 1. The van der Waals surface area contributed by atoms with Gasteiger partial charge in [-0.25, -0.2) is 9.78 Å². The van der Waals surface area contributed by atoms with E-state index in [0.29, 0.717) is 34.5 Å². The molecule has 3 rings (SSSR count). The quantitative estimate of drug-likeness (QED) is 0.641. The highest BCUT2D eigenvalue weighted by Crippen LogP contribution is 2.13. The minimum atomic E-state index is -0.671. The number of hydrogen-bond donors (Lipinski definition) is 3. The lowest BCUT2D eigenvalue weighted by Gasteiger charge is -2.20. The second kappa shape index (κ2) is 7.69. The highest BCUT2D eigenvalue weighted by atomic mass is 16.2. The molecular weight excluding hydrogens is 346 g/mol. The minimum Gasteiger partial charge on any atom is -0.351 e. The van der Waals surface area contributed by atoms with Crippen molar-refractivity contribution in [3.05, 3.63) is 70.3 Å². The molecule has 2 aromatic carbocycles. The number of H-pyrrole nitrogens is 1. The number of urea groups is 1. The first-order chi connectivity index (χ1) is 13.0. The van der Waals surface area contributed by atoms with Crippen LogP contribution in [0.1, 0.15) is 23.1 Å². The van der Waals surface area contributed by atoms with Gasteiger partial charge in [-0.3, -0.25) is 9.59 Å². The number of nitrogens with zero attached hydrogens (tertiary/aromatic N) is 2. The number of aromatic amines is 1. The SMILES string of the molecule is CCN(Cc1nc2ccccc2c(=O)[nH]1)C(=O)c1ccc(NC(N)=O)cc1. The number of primary amides is 1. The van der Waals surface area contributed by atoms with Gasteiger partial charge in [0.05, 0.1) is 17.4 Å². The van der Waals surface area contributed by atoms with Crippen molar-refractivity contribution in [3.63, 3.8) is 0 Å². The molecule has 3 aromatic rings. The highest BCUT2D eigenvalue weighted by Gasteiger charge is 2.16. The molecule has 0 aliphatic carbocycles. The summed E-state index contributed by atoms with van der Waals surface area (Å²) < 4.78 is 0. The van der Waals surface area contributed by atoms with Crippen LogP contribution in [0.25, 0.3) is 10.9 Å². The Bertz CT molecular complexity index is 1040. The number of nitrogens with one attached hydrogen (secondary N) is 2. The van der Waals surface area contributed by atoms with Gasteiger partial charge in [-0.15, -0.1) is 0 Å². The predicted octanol–water partition coefficient (Wildman–Crippen LogP) is 2.08. The van der Waals surface area contributed by atoms with E-state index in [-0.39, 0.29) is 18.0 Å². The average Bonchev–Trinajstić information content (AvgIpc) is 2.66. The molecule has 0 radical (unpaired) electrons. The van der Waals surface area contributed by atoms with Gasteiger partial charge < -0.3 is 20.9 Å². The van der Waals surface area contributed by atoms with Crippen LogP contribution in [0, 0.1) is 0 Å². The molecule has 1 aromatic heterocycles. The summed E-state index contributed by atoms with van der Waals surface area (Å²) in [5.74, 6) is 0.208. The van der Waals surface area contributed by atoms with Gasteiger partial charge in [-0.2, -0.15) is 0 Å². The van der Waals surface area contributed by atoms with Crippen LogP contribution < -0.4 is 16.6 Å². The molecule has 8 nitrogen and oxygen atoms in total. The van der Waals surface area contributed by atoms with Crippen molar-refractivity contribution in [2.45, 2.75) is 13.5 Å².